The monoisotopic (exact) mass is 404 g/mol. The molecule has 1 N–H and O–H groups in total. The number of carbonyl (C=O) groups excluding carboxylic acids is 3. The van der Waals surface area contributed by atoms with E-state index in [9.17, 15) is 14.4 Å². The van der Waals surface area contributed by atoms with Gasteiger partial charge in [0.15, 0.2) is 0 Å². The Balaban J connectivity index is 1.35. The van der Waals surface area contributed by atoms with Crippen LogP contribution in [0.4, 0.5) is 0 Å². The highest BCUT2D eigenvalue weighted by Gasteiger charge is 2.35. The maximum atomic E-state index is 12.6. The molecule has 2 aromatic carbocycles. The van der Waals surface area contributed by atoms with Crippen LogP contribution in [0.3, 0.4) is 0 Å². The van der Waals surface area contributed by atoms with Crippen LogP contribution in [0.25, 0.3) is 11.0 Å². The molecule has 2 heterocycles. The predicted octanol–water partition coefficient (Wildman–Crippen LogP) is 3.25. The molecule has 30 heavy (non-hydrogen) atoms. The van der Waals surface area contributed by atoms with Crippen molar-refractivity contribution < 1.29 is 14.4 Å². The highest BCUT2D eigenvalue weighted by atomic mass is 16.2. The topological polar surface area (TPSA) is 84.3 Å². The summed E-state index contributed by atoms with van der Waals surface area (Å²) in [6.07, 6.45) is 4.22. The second-order valence-electron chi connectivity index (χ2n) is 7.41. The molecule has 1 aliphatic heterocycles. The number of imide groups is 1. The van der Waals surface area contributed by atoms with Gasteiger partial charge in [-0.2, -0.15) is 0 Å². The van der Waals surface area contributed by atoms with E-state index in [0.29, 0.717) is 29.8 Å². The standard InChI is InChI=1S/C23H24N4O3/c1-2-3-13-27-22(29)17-10-9-16(14-18(17)23(27)30)21(28)24-11-6-12-26-15-25-19-7-4-5-8-20(19)26/h4-5,7-10,14-15H,2-3,6,11-13H2,1H3,(H,24,28). The zero-order chi connectivity index (χ0) is 21.1. The van der Waals surface area contributed by atoms with Gasteiger partial charge in [-0.15, -0.1) is 0 Å². The Labute approximate surface area is 174 Å². The Hall–Kier alpha value is -3.48. The summed E-state index contributed by atoms with van der Waals surface area (Å²) < 4.78 is 2.06. The third kappa shape index (κ3) is 3.70. The van der Waals surface area contributed by atoms with Gasteiger partial charge in [-0.3, -0.25) is 19.3 Å². The van der Waals surface area contributed by atoms with Gasteiger partial charge in [0.25, 0.3) is 17.7 Å². The van der Waals surface area contributed by atoms with Crippen LogP contribution in [0.15, 0.2) is 48.8 Å². The van der Waals surface area contributed by atoms with E-state index in [1.54, 1.807) is 18.5 Å². The number of aromatic nitrogens is 2. The van der Waals surface area contributed by atoms with Crippen molar-refractivity contribution in [3.05, 3.63) is 65.5 Å². The second kappa shape index (κ2) is 8.49. The number of unbranched alkanes of at least 4 members (excludes halogenated alkanes) is 1. The van der Waals surface area contributed by atoms with E-state index >= 15 is 0 Å². The molecule has 7 heteroatoms. The molecule has 3 aromatic rings. The average molecular weight is 404 g/mol. The first kappa shape index (κ1) is 19.8. The Morgan fingerprint density at radius 3 is 2.63 bits per heavy atom. The SMILES string of the molecule is CCCCN1C(=O)c2ccc(C(=O)NCCCn3cnc4ccccc43)cc2C1=O. The summed E-state index contributed by atoms with van der Waals surface area (Å²) in [6, 6.07) is 12.6. The van der Waals surface area contributed by atoms with E-state index in [-0.39, 0.29) is 17.7 Å². The number of benzene rings is 2. The molecule has 154 valence electrons. The fourth-order valence-electron chi connectivity index (χ4n) is 3.69. The van der Waals surface area contributed by atoms with Crippen LogP contribution in [0.1, 0.15) is 57.3 Å². The number of fused-ring (bicyclic) bond motifs is 2. The fourth-order valence-corrected chi connectivity index (χ4v) is 3.69. The Morgan fingerprint density at radius 1 is 1.00 bits per heavy atom. The number of amides is 3. The summed E-state index contributed by atoms with van der Waals surface area (Å²) in [5.74, 6) is -0.839. The zero-order valence-corrected chi connectivity index (χ0v) is 16.9. The van der Waals surface area contributed by atoms with E-state index in [4.69, 9.17) is 0 Å². The first-order chi connectivity index (χ1) is 14.6. The van der Waals surface area contributed by atoms with Gasteiger partial charge in [0.05, 0.1) is 28.5 Å². The van der Waals surface area contributed by atoms with Gasteiger partial charge < -0.3 is 9.88 Å². The van der Waals surface area contributed by atoms with Crippen molar-refractivity contribution in [2.75, 3.05) is 13.1 Å². The van der Waals surface area contributed by atoms with Crippen molar-refractivity contribution in [1.82, 2.24) is 19.8 Å². The summed E-state index contributed by atoms with van der Waals surface area (Å²) in [5, 5.41) is 2.89. The Kier molecular flexibility index (Phi) is 5.61. The molecule has 0 bridgehead atoms. The highest BCUT2D eigenvalue weighted by Crippen LogP contribution is 2.24. The largest absolute Gasteiger partial charge is 0.352 e. The lowest BCUT2D eigenvalue weighted by Crippen LogP contribution is -2.30. The van der Waals surface area contributed by atoms with Crippen molar-refractivity contribution in [2.45, 2.75) is 32.7 Å². The summed E-state index contributed by atoms with van der Waals surface area (Å²) >= 11 is 0. The Bertz CT molecular complexity index is 1120. The molecule has 1 aromatic heterocycles. The minimum Gasteiger partial charge on any atom is -0.352 e. The van der Waals surface area contributed by atoms with Gasteiger partial charge in [0, 0.05) is 25.2 Å². The number of rotatable bonds is 8. The molecular formula is C23H24N4O3. The lowest BCUT2D eigenvalue weighted by Gasteiger charge is -2.12. The first-order valence-electron chi connectivity index (χ1n) is 10.3. The third-order valence-corrected chi connectivity index (χ3v) is 5.36. The van der Waals surface area contributed by atoms with Crippen LogP contribution < -0.4 is 5.32 Å². The molecule has 0 saturated carbocycles. The van der Waals surface area contributed by atoms with E-state index in [1.165, 1.54) is 11.0 Å². The lowest BCUT2D eigenvalue weighted by atomic mass is 10.1. The summed E-state index contributed by atoms with van der Waals surface area (Å²) in [7, 11) is 0. The number of nitrogens with zero attached hydrogens (tertiary/aromatic N) is 3. The molecule has 0 unspecified atom stereocenters. The van der Waals surface area contributed by atoms with Gasteiger partial charge in [-0.1, -0.05) is 25.5 Å². The number of imidazole rings is 1. The van der Waals surface area contributed by atoms with Crippen molar-refractivity contribution >= 4 is 28.8 Å². The molecule has 3 amide bonds. The summed E-state index contributed by atoms with van der Waals surface area (Å²) in [5.41, 5.74) is 3.10. The number of hydrogen-bond donors (Lipinski definition) is 1. The van der Waals surface area contributed by atoms with Gasteiger partial charge in [0.2, 0.25) is 0 Å². The fraction of sp³-hybridized carbons (Fsp3) is 0.304. The summed E-state index contributed by atoms with van der Waals surface area (Å²) in [4.78, 5) is 43.1. The van der Waals surface area contributed by atoms with E-state index in [0.717, 1.165) is 36.8 Å². The first-order valence-corrected chi connectivity index (χ1v) is 10.3. The van der Waals surface area contributed by atoms with Crippen LogP contribution in [-0.4, -0.2) is 45.3 Å². The van der Waals surface area contributed by atoms with Crippen molar-refractivity contribution in [3.8, 4) is 0 Å². The minimum atomic E-state index is -0.315. The number of carbonyl (C=O) groups is 3. The number of para-hydroxylation sites is 2. The highest BCUT2D eigenvalue weighted by molar-refractivity contribution is 6.22. The van der Waals surface area contributed by atoms with E-state index in [2.05, 4.69) is 14.9 Å². The average Bonchev–Trinajstić information content (AvgIpc) is 3.28. The van der Waals surface area contributed by atoms with Crippen LogP contribution in [0.5, 0.6) is 0 Å². The normalized spacial score (nSPS) is 13.2. The number of hydrogen-bond acceptors (Lipinski definition) is 4. The van der Waals surface area contributed by atoms with Crippen LogP contribution in [-0.2, 0) is 6.54 Å². The Morgan fingerprint density at radius 2 is 1.80 bits per heavy atom. The smallest absolute Gasteiger partial charge is 0.261 e. The molecule has 0 atom stereocenters. The third-order valence-electron chi connectivity index (χ3n) is 5.36. The molecule has 0 spiro atoms. The predicted molar refractivity (Wildman–Crippen MR) is 113 cm³/mol. The zero-order valence-electron chi connectivity index (χ0n) is 16.9. The van der Waals surface area contributed by atoms with Gasteiger partial charge in [-0.05, 0) is 43.2 Å². The second-order valence-corrected chi connectivity index (χ2v) is 7.41. The van der Waals surface area contributed by atoms with Gasteiger partial charge in [-0.25, -0.2) is 4.98 Å². The van der Waals surface area contributed by atoms with Crippen LogP contribution >= 0.6 is 0 Å². The molecule has 0 fully saturated rings. The van der Waals surface area contributed by atoms with Crippen molar-refractivity contribution in [2.24, 2.45) is 0 Å². The maximum Gasteiger partial charge on any atom is 0.261 e. The minimum absolute atomic E-state index is 0.249. The van der Waals surface area contributed by atoms with Gasteiger partial charge in [0.1, 0.15) is 0 Å². The maximum absolute atomic E-state index is 12.6. The lowest BCUT2D eigenvalue weighted by molar-refractivity contribution is 0.0652. The van der Waals surface area contributed by atoms with Crippen molar-refractivity contribution in [3.63, 3.8) is 0 Å². The molecule has 4 rings (SSSR count). The molecular weight excluding hydrogens is 380 g/mol. The summed E-state index contributed by atoms with van der Waals surface area (Å²) in [6.45, 7) is 3.66. The molecule has 1 aliphatic rings. The van der Waals surface area contributed by atoms with Crippen LogP contribution in [0.2, 0.25) is 0 Å². The number of aryl methyl sites for hydroxylation is 1. The number of nitrogens with one attached hydrogen (secondary N) is 1. The van der Waals surface area contributed by atoms with Crippen molar-refractivity contribution in [1.29, 1.82) is 0 Å². The van der Waals surface area contributed by atoms with Gasteiger partial charge >= 0.3 is 0 Å². The quantitative estimate of drug-likeness (QED) is 0.461. The van der Waals surface area contributed by atoms with Crippen LogP contribution in [0, 0.1) is 0 Å². The molecule has 0 saturated heterocycles. The molecule has 0 aliphatic carbocycles. The van der Waals surface area contributed by atoms with E-state index in [1.807, 2.05) is 31.2 Å². The molecule has 7 nitrogen and oxygen atoms in total. The van der Waals surface area contributed by atoms with E-state index < -0.39 is 0 Å². The molecule has 0 radical (unpaired) electrons.